The maximum atomic E-state index is 11.0. The summed E-state index contributed by atoms with van der Waals surface area (Å²) in [5.41, 5.74) is 1.90. The van der Waals surface area contributed by atoms with E-state index in [0.29, 0.717) is 18.6 Å². The van der Waals surface area contributed by atoms with E-state index in [1.54, 1.807) is 6.07 Å². The summed E-state index contributed by atoms with van der Waals surface area (Å²) in [5, 5.41) is 8.98. The molecule has 0 atom stereocenters. The van der Waals surface area contributed by atoms with Gasteiger partial charge in [0.05, 0.1) is 0 Å². The second kappa shape index (κ2) is 3.77. The van der Waals surface area contributed by atoms with Crippen molar-refractivity contribution >= 4 is 5.97 Å². The smallest absolute Gasteiger partial charge is 0.371 e. The van der Waals surface area contributed by atoms with Crippen LogP contribution in [0.1, 0.15) is 18.9 Å². The maximum absolute atomic E-state index is 11.0. The zero-order chi connectivity index (χ0) is 10.8. The average Bonchev–Trinajstić information content (AvgIpc) is 2.27. The van der Waals surface area contributed by atoms with Crippen molar-refractivity contribution < 1.29 is 14.6 Å². The first kappa shape index (κ1) is 9.77. The van der Waals surface area contributed by atoms with Gasteiger partial charge < -0.3 is 9.84 Å². The molecule has 1 aromatic rings. The largest absolute Gasteiger partial charge is 0.475 e. The number of carboxylic acid groups (broad SMARTS) is 1. The number of hydrogen-bond donors (Lipinski definition) is 1. The minimum atomic E-state index is -0.985. The first-order chi connectivity index (χ1) is 7.22. The van der Waals surface area contributed by atoms with Gasteiger partial charge in [0.25, 0.3) is 0 Å². The van der Waals surface area contributed by atoms with Crippen LogP contribution in [0.5, 0.6) is 5.75 Å². The zero-order valence-electron chi connectivity index (χ0n) is 8.49. The molecule has 78 valence electrons. The molecule has 1 heterocycles. The van der Waals surface area contributed by atoms with Gasteiger partial charge in [-0.15, -0.1) is 0 Å². The van der Waals surface area contributed by atoms with E-state index in [2.05, 4.69) is 0 Å². The number of allylic oxidation sites excluding steroid dienone is 1. The van der Waals surface area contributed by atoms with Gasteiger partial charge in [0.1, 0.15) is 5.75 Å². The Bertz CT molecular complexity index is 432. The number of carbonyl (C=O) groups is 1. The molecule has 3 heteroatoms. The molecule has 0 unspecified atom stereocenters. The van der Waals surface area contributed by atoms with Crippen LogP contribution in [0.15, 0.2) is 35.6 Å². The van der Waals surface area contributed by atoms with Crippen LogP contribution in [0.2, 0.25) is 0 Å². The van der Waals surface area contributed by atoms with Crippen LogP contribution < -0.4 is 4.74 Å². The maximum Gasteiger partial charge on any atom is 0.371 e. The van der Waals surface area contributed by atoms with Gasteiger partial charge in [-0.3, -0.25) is 0 Å². The van der Waals surface area contributed by atoms with Crippen LogP contribution in [-0.2, 0) is 11.2 Å². The van der Waals surface area contributed by atoms with E-state index in [9.17, 15) is 4.79 Å². The van der Waals surface area contributed by atoms with E-state index in [1.165, 1.54) is 0 Å². The first-order valence-corrected chi connectivity index (χ1v) is 4.93. The van der Waals surface area contributed by atoms with Crippen molar-refractivity contribution in [2.75, 3.05) is 0 Å². The van der Waals surface area contributed by atoms with Crippen molar-refractivity contribution in [3.8, 4) is 5.75 Å². The Morgan fingerprint density at radius 1 is 1.47 bits per heavy atom. The molecule has 0 saturated heterocycles. The average molecular weight is 204 g/mol. The Morgan fingerprint density at radius 3 is 2.87 bits per heavy atom. The fourth-order valence-electron chi connectivity index (χ4n) is 1.72. The zero-order valence-corrected chi connectivity index (χ0v) is 8.49. The van der Waals surface area contributed by atoms with E-state index in [1.807, 2.05) is 25.1 Å². The molecule has 0 amide bonds. The van der Waals surface area contributed by atoms with Gasteiger partial charge in [0.15, 0.2) is 0 Å². The van der Waals surface area contributed by atoms with Crippen LogP contribution in [0.4, 0.5) is 0 Å². The Labute approximate surface area is 88.0 Å². The number of fused-ring (bicyclic) bond motifs is 1. The second-order valence-electron chi connectivity index (χ2n) is 3.48. The molecule has 15 heavy (non-hydrogen) atoms. The lowest BCUT2D eigenvalue weighted by Gasteiger charge is -2.20. The standard InChI is InChI=1S/C12H12O3/c1-2-8-7-9-5-3-4-6-10(9)15-11(8)12(13)14/h3-6H,2,7H2,1H3,(H,13,14). The lowest BCUT2D eigenvalue weighted by atomic mass is 9.98. The Kier molecular flexibility index (Phi) is 2.46. The second-order valence-corrected chi connectivity index (χ2v) is 3.48. The SMILES string of the molecule is CCC1=C(C(=O)O)Oc2ccccc2C1. The number of rotatable bonds is 2. The molecular formula is C12H12O3. The van der Waals surface area contributed by atoms with Gasteiger partial charge in [-0.2, -0.15) is 0 Å². The molecule has 0 aromatic heterocycles. The molecule has 1 N–H and O–H groups in total. The van der Waals surface area contributed by atoms with Crippen molar-refractivity contribution in [3.05, 3.63) is 41.2 Å². The highest BCUT2D eigenvalue weighted by molar-refractivity contribution is 5.86. The summed E-state index contributed by atoms with van der Waals surface area (Å²) in [6.07, 6.45) is 1.38. The minimum Gasteiger partial charge on any atom is -0.475 e. The lowest BCUT2D eigenvalue weighted by Crippen LogP contribution is -2.17. The summed E-state index contributed by atoms with van der Waals surface area (Å²) in [4.78, 5) is 11.0. The molecular weight excluding hydrogens is 192 g/mol. The fourth-order valence-corrected chi connectivity index (χ4v) is 1.72. The monoisotopic (exact) mass is 204 g/mol. The molecule has 0 radical (unpaired) electrons. The normalized spacial score (nSPS) is 14.5. The van der Waals surface area contributed by atoms with Crippen molar-refractivity contribution in [2.45, 2.75) is 19.8 Å². The summed E-state index contributed by atoms with van der Waals surface area (Å²) in [6.45, 7) is 1.94. The molecule has 0 spiro atoms. The number of ether oxygens (including phenoxy) is 1. The number of benzene rings is 1. The van der Waals surface area contributed by atoms with Crippen LogP contribution in [0.3, 0.4) is 0 Å². The Balaban J connectivity index is 2.42. The van der Waals surface area contributed by atoms with E-state index in [-0.39, 0.29) is 5.76 Å². The van der Waals surface area contributed by atoms with Gasteiger partial charge >= 0.3 is 5.97 Å². The van der Waals surface area contributed by atoms with Gasteiger partial charge in [-0.1, -0.05) is 25.1 Å². The molecule has 1 aliphatic heterocycles. The van der Waals surface area contributed by atoms with Gasteiger partial charge in [-0.05, 0) is 23.6 Å². The Hall–Kier alpha value is -1.77. The van der Waals surface area contributed by atoms with Crippen LogP contribution in [-0.4, -0.2) is 11.1 Å². The molecule has 0 bridgehead atoms. The lowest BCUT2D eigenvalue weighted by molar-refractivity contribution is -0.135. The summed E-state index contributed by atoms with van der Waals surface area (Å²) in [6, 6.07) is 7.53. The van der Waals surface area contributed by atoms with Crippen molar-refractivity contribution in [1.82, 2.24) is 0 Å². The van der Waals surface area contributed by atoms with Crippen molar-refractivity contribution in [3.63, 3.8) is 0 Å². The molecule has 0 aliphatic carbocycles. The number of carboxylic acids is 1. The summed E-state index contributed by atoms with van der Waals surface area (Å²) >= 11 is 0. The molecule has 2 rings (SSSR count). The minimum absolute atomic E-state index is 0.0937. The molecule has 0 fully saturated rings. The summed E-state index contributed by atoms with van der Waals surface area (Å²) in [5.74, 6) is -0.232. The van der Waals surface area contributed by atoms with Crippen molar-refractivity contribution in [2.24, 2.45) is 0 Å². The predicted molar refractivity (Wildman–Crippen MR) is 55.7 cm³/mol. The van der Waals surface area contributed by atoms with Crippen LogP contribution >= 0.6 is 0 Å². The molecule has 1 aliphatic rings. The third-order valence-electron chi connectivity index (χ3n) is 2.53. The quantitative estimate of drug-likeness (QED) is 0.804. The van der Waals surface area contributed by atoms with E-state index in [0.717, 1.165) is 11.1 Å². The van der Waals surface area contributed by atoms with Crippen LogP contribution in [0.25, 0.3) is 0 Å². The highest BCUT2D eigenvalue weighted by Gasteiger charge is 2.22. The fraction of sp³-hybridized carbons (Fsp3) is 0.250. The van der Waals surface area contributed by atoms with Crippen LogP contribution in [0, 0.1) is 0 Å². The first-order valence-electron chi connectivity index (χ1n) is 4.93. The Morgan fingerprint density at radius 2 is 2.20 bits per heavy atom. The third-order valence-corrected chi connectivity index (χ3v) is 2.53. The third kappa shape index (κ3) is 1.73. The van der Waals surface area contributed by atoms with E-state index in [4.69, 9.17) is 9.84 Å². The topological polar surface area (TPSA) is 46.5 Å². The van der Waals surface area contributed by atoms with Gasteiger partial charge in [-0.25, -0.2) is 4.79 Å². The predicted octanol–water partition coefficient (Wildman–Crippen LogP) is 2.37. The molecule has 3 nitrogen and oxygen atoms in total. The number of para-hydroxylation sites is 1. The summed E-state index contributed by atoms with van der Waals surface area (Å²) in [7, 11) is 0. The van der Waals surface area contributed by atoms with Gasteiger partial charge in [0, 0.05) is 6.42 Å². The van der Waals surface area contributed by atoms with Gasteiger partial charge in [0.2, 0.25) is 5.76 Å². The number of aliphatic carboxylic acids is 1. The highest BCUT2D eigenvalue weighted by Crippen LogP contribution is 2.31. The summed E-state index contributed by atoms with van der Waals surface area (Å²) < 4.78 is 5.38. The van der Waals surface area contributed by atoms with Crippen molar-refractivity contribution in [1.29, 1.82) is 0 Å². The highest BCUT2D eigenvalue weighted by atomic mass is 16.5. The van der Waals surface area contributed by atoms with E-state index < -0.39 is 5.97 Å². The molecule has 1 aromatic carbocycles. The van der Waals surface area contributed by atoms with E-state index >= 15 is 0 Å². The number of hydrogen-bond acceptors (Lipinski definition) is 2. The molecule has 0 saturated carbocycles.